The molecule has 3 amide bonds. The molecule has 1 aromatic rings. The van der Waals surface area contributed by atoms with Gasteiger partial charge < -0.3 is 36.4 Å². The third kappa shape index (κ3) is 3.58. The van der Waals surface area contributed by atoms with Crippen molar-refractivity contribution in [2.45, 2.75) is 48.6 Å². The summed E-state index contributed by atoms with van der Waals surface area (Å²) in [5, 5.41) is 49.6. The molecule has 0 radical (unpaired) electrons. The number of nitrogens with zero attached hydrogens (tertiary/aromatic N) is 2. The van der Waals surface area contributed by atoms with E-state index in [0.29, 0.717) is 0 Å². The molecule has 0 bridgehead atoms. The smallest absolute Gasteiger partial charge is 0.361 e. The van der Waals surface area contributed by atoms with Crippen LogP contribution >= 0.6 is 0 Å². The fourth-order valence-electron chi connectivity index (χ4n) is 5.52. The van der Waals surface area contributed by atoms with Gasteiger partial charge >= 0.3 is 6.18 Å². The van der Waals surface area contributed by atoms with Crippen molar-refractivity contribution in [1.29, 1.82) is 10.8 Å². The molecular weight excluding hydrogens is 501 g/mol. The van der Waals surface area contributed by atoms with E-state index in [9.17, 15) is 37.8 Å². The standard InChI is InChI=1S/C21H23F3N8O5/c22-21(23,24)10-4-2-1-3-9(10)16(35)28-12-8-32-18(26)27-11(7-31-13(33)5-6-14(31)34)15-19(32,20(12,36)37)30-17(25)29-15/h1-4,11-12,15,36-37H,5-8H2,(H2,26,27)(H,28,35)(H3,25,29,30)/t11-,12?,15?,19-/m0/s1. The number of halogens is 3. The van der Waals surface area contributed by atoms with E-state index in [1.54, 1.807) is 0 Å². The zero-order valence-corrected chi connectivity index (χ0v) is 19.0. The monoisotopic (exact) mass is 524 g/mol. The van der Waals surface area contributed by atoms with Crippen LogP contribution in [0.1, 0.15) is 28.8 Å². The molecule has 8 N–H and O–H groups in total. The van der Waals surface area contributed by atoms with Gasteiger partial charge in [0.25, 0.3) is 5.91 Å². The fraction of sp³-hybridized carbons (Fsp3) is 0.476. The molecule has 0 saturated carbocycles. The first kappa shape index (κ1) is 24.8. The number of carbonyl (C=O) groups excluding carboxylic acids is 3. The molecule has 0 aliphatic carbocycles. The number of aliphatic hydroxyl groups is 2. The molecule has 0 aromatic heterocycles. The van der Waals surface area contributed by atoms with E-state index in [4.69, 9.17) is 10.8 Å². The third-order valence-corrected chi connectivity index (χ3v) is 7.21. The van der Waals surface area contributed by atoms with Crippen molar-refractivity contribution >= 4 is 29.6 Å². The van der Waals surface area contributed by atoms with Gasteiger partial charge in [-0.05, 0) is 12.1 Å². The Morgan fingerprint density at radius 3 is 2.43 bits per heavy atom. The summed E-state index contributed by atoms with van der Waals surface area (Å²) in [5.41, 5.74) is -3.98. The summed E-state index contributed by atoms with van der Waals surface area (Å²) in [5.74, 6) is -5.75. The number of carbonyl (C=O) groups is 3. The van der Waals surface area contributed by atoms with E-state index in [2.05, 4.69) is 21.3 Å². The number of likely N-dealkylation sites (tertiary alicyclic amines) is 1. The third-order valence-electron chi connectivity index (χ3n) is 7.21. The summed E-state index contributed by atoms with van der Waals surface area (Å²) < 4.78 is 40.3. The van der Waals surface area contributed by atoms with Crippen molar-refractivity contribution in [3.8, 4) is 0 Å². The lowest BCUT2D eigenvalue weighted by Crippen LogP contribution is -2.81. The lowest BCUT2D eigenvalue weighted by atomic mass is 9.84. The van der Waals surface area contributed by atoms with Gasteiger partial charge in [0.05, 0.1) is 29.8 Å². The average molecular weight is 524 g/mol. The van der Waals surface area contributed by atoms with Crippen LogP contribution in [0.4, 0.5) is 13.2 Å². The molecule has 4 atom stereocenters. The maximum atomic E-state index is 13.4. The number of imide groups is 1. The first-order valence-corrected chi connectivity index (χ1v) is 11.3. The predicted molar refractivity (Wildman–Crippen MR) is 118 cm³/mol. The molecule has 16 heteroatoms. The van der Waals surface area contributed by atoms with Gasteiger partial charge in [0.15, 0.2) is 17.6 Å². The van der Waals surface area contributed by atoms with E-state index in [0.717, 1.165) is 28.0 Å². The maximum Gasteiger partial charge on any atom is 0.417 e. The largest absolute Gasteiger partial charge is 0.417 e. The minimum absolute atomic E-state index is 0.0177. The first-order valence-electron chi connectivity index (χ1n) is 11.3. The van der Waals surface area contributed by atoms with Crippen molar-refractivity contribution in [2.24, 2.45) is 0 Å². The van der Waals surface area contributed by atoms with Gasteiger partial charge in [-0.15, -0.1) is 0 Å². The number of rotatable bonds is 4. The molecule has 5 rings (SSSR count). The highest BCUT2D eigenvalue weighted by Crippen LogP contribution is 2.43. The molecule has 2 unspecified atom stereocenters. The minimum Gasteiger partial charge on any atom is -0.361 e. The van der Waals surface area contributed by atoms with Gasteiger partial charge in [0.1, 0.15) is 6.04 Å². The molecular formula is C21H23F3N8O5. The van der Waals surface area contributed by atoms with Crippen LogP contribution in [0.15, 0.2) is 24.3 Å². The Balaban J connectivity index is 1.47. The first-order chi connectivity index (χ1) is 17.3. The number of hydrogen-bond donors (Lipinski definition) is 8. The van der Waals surface area contributed by atoms with Gasteiger partial charge in [-0.1, -0.05) is 12.1 Å². The van der Waals surface area contributed by atoms with Gasteiger partial charge in [-0.3, -0.25) is 30.1 Å². The number of alkyl halides is 3. The van der Waals surface area contributed by atoms with Crippen molar-refractivity contribution in [3.63, 3.8) is 0 Å². The van der Waals surface area contributed by atoms with E-state index < -0.39 is 71.1 Å². The molecule has 4 aliphatic rings. The number of nitrogens with one attached hydrogen (secondary N) is 6. The van der Waals surface area contributed by atoms with Gasteiger partial charge in [-0.2, -0.15) is 13.2 Å². The second-order valence-corrected chi connectivity index (χ2v) is 9.29. The lowest BCUT2D eigenvalue weighted by molar-refractivity contribution is -0.232. The quantitative estimate of drug-likeness (QED) is 0.163. The topological polar surface area (TPSA) is 194 Å². The van der Waals surface area contributed by atoms with Crippen molar-refractivity contribution in [2.75, 3.05) is 13.1 Å². The summed E-state index contributed by atoms with van der Waals surface area (Å²) in [4.78, 5) is 39.3. The van der Waals surface area contributed by atoms with Crippen LogP contribution in [0.5, 0.6) is 0 Å². The van der Waals surface area contributed by atoms with Crippen LogP contribution in [0.25, 0.3) is 0 Å². The van der Waals surface area contributed by atoms with Crippen LogP contribution in [0.2, 0.25) is 0 Å². The summed E-state index contributed by atoms with van der Waals surface area (Å²) in [6, 6.07) is 0.341. The lowest BCUT2D eigenvalue weighted by Gasteiger charge is -2.51. The molecule has 13 nitrogen and oxygen atoms in total. The Kier molecular flexibility index (Phi) is 5.38. The summed E-state index contributed by atoms with van der Waals surface area (Å²) >= 11 is 0. The van der Waals surface area contributed by atoms with Crippen LogP contribution in [0, 0.1) is 10.8 Å². The second kappa shape index (κ2) is 8.04. The van der Waals surface area contributed by atoms with Crippen molar-refractivity contribution in [1.82, 2.24) is 31.1 Å². The average Bonchev–Trinajstić information content (AvgIpc) is 3.41. The summed E-state index contributed by atoms with van der Waals surface area (Å²) in [7, 11) is 0. The van der Waals surface area contributed by atoms with Gasteiger partial charge in [0, 0.05) is 19.4 Å². The highest BCUT2D eigenvalue weighted by molar-refractivity contribution is 6.02. The van der Waals surface area contributed by atoms with Crippen molar-refractivity contribution in [3.05, 3.63) is 35.4 Å². The fourth-order valence-corrected chi connectivity index (χ4v) is 5.52. The van der Waals surface area contributed by atoms with E-state index in [1.165, 1.54) is 6.07 Å². The van der Waals surface area contributed by atoms with Gasteiger partial charge in [0.2, 0.25) is 17.6 Å². The summed E-state index contributed by atoms with van der Waals surface area (Å²) in [6.07, 6.45) is -4.80. The Morgan fingerprint density at radius 2 is 1.78 bits per heavy atom. The SMILES string of the molecule is N=C1NC2[C@H](CN3C(=O)CCC3=O)NC(=N)N3CC(NC(=O)c4ccccc4C(F)(F)F)C(O)(O)[C@]23N1. The van der Waals surface area contributed by atoms with Crippen LogP contribution in [-0.2, 0) is 15.8 Å². The molecule has 37 heavy (non-hydrogen) atoms. The molecule has 4 aliphatic heterocycles. The van der Waals surface area contributed by atoms with Crippen LogP contribution in [-0.4, -0.2) is 92.3 Å². The molecule has 1 aromatic carbocycles. The minimum atomic E-state index is -4.84. The van der Waals surface area contributed by atoms with E-state index in [-0.39, 0.29) is 31.3 Å². The molecule has 198 valence electrons. The molecule has 4 fully saturated rings. The Morgan fingerprint density at radius 1 is 1.14 bits per heavy atom. The Hall–Kier alpha value is -3.92. The second-order valence-electron chi connectivity index (χ2n) is 9.29. The maximum absolute atomic E-state index is 13.4. The zero-order chi connectivity index (χ0) is 26.9. The number of benzene rings is 1. The predicted octanol–water partition coefficient (Wildman–Crippen LogP) is -1.95. The van der Waals surface area contributed by atoms with Crippen LogP contribution < -0.4 is 21.3 Å². The number of guanidine groups is 2. The number of amides is 3. The van der Waals surface area contributed by atoms with E-state index in [1.807, 2.05) is 0 Å². The molecule has 1 spiro atoms. The normalized spacial score (nSPS) is 30.5. The molecule has 4 heterocycles. The highest BCUT2D eigenvalue weighted by atomic mass is 19.4. The van der Waals surface area contributed by atoms with Crippen molar-refractivity contribution < 1.29 is 37.8 Å². The highest BCUT2D eigenvalue weighted by Gasteiger charge is 2.74. The zero-order valence-electron chi connectivity index (χ0n) is 19.0. The summed E-state index contributed by atoms with van der Waals surface area (Å²) in [6.45, 7) is -0.667. The van der Waals surface area contributed by atoms with Gasteiger partial charge in [-0.25, -0.2) is 0 Å². The molecule has 4 saturated heterocycles. The Labute approximate surface area is 207 Å². The Bertz CT molecular complexity index is 1210. The van der Waals surface area contributed by atoms with Crippen LogP contribution in [0.3, 0.4) is 0 Å². The van der Waals surface area contributed by atoms with E-state index >= 15 is 0 Å². The number of hydrogen-bond acceptors (Lipinski definition) is 7.